The van der Waals surface area contributed by atoms with Crippen LogP contribution in [0.25, 0.3) is 11.5 Å². The molecule has 0 aromatic carbocycles. The van der Waals surface area contributed by atoms with Gasteiger partial charge in [-0.3, -0.25) is 20.2 Å². The second-order valence-corrected chi connectivity index (χ2v) is 4.28. The van der Waals surface area contributed by atoms with Gasteiger partial charge in [0.25, 0.3) is 5.91 Å². The monoisotopic (exact) mass is 315 g/mol. The van der Waals surface area contributed by atoms with Gasteiger partial charge in [-0.1, -0.05) is 6.07 Å². The molecule has 22 heavy (non-hydrogen) atoms. The fraction of sp³-hybridized carbons (Fsp3) is 0.333. The number of nitrogens with zero attached hydrogens (tertiary/aromatic N) is 3. The van der Waals surface area contributed by atoms with Crippen molar-refractivity contribution < 1.29 is 22.7 Å². The van der Waals surface area contributed by atoms with Gasteiger partial charge >= 0.3 is 6.18 Å². The Morgan fingerprint density at radius 2 is 2.23 bits per heavy atom. The Hall–Kier alpha value is -2.49. The lowest BCUT2D eigenvalue weighted by molar-refractivity contribution is -0.184. The van der Waals surface area contributed by atoms with Crippen molar-refractivity contribution in [2.75, 3.05) is 11.9 Å². The summed E-state index contributed by atoms with van der Waals surface area (Å²) in [4.78, 5) is 19.7. The highest BCUT2D eigenvalue weighted by Gasteiger charge is 2.30. The normalized spacial score (nSPS) is 12.9. The summed E-state index contributed by atoms with van der Waals surface area (Å²) in [5.41, 5.74) is 0.511. The van der Waals surface area contributed by atoms with Crippen LogP contribution in [-0.4, -0.2) is 45.0 Å². The standard InChI is InChI=1S/C12H12F3N5O2/c1-7(22-6-12(13,14)15)10(21)18-11-17-9(19-20-11)8-4-2-3-5-16-8/h2-5,7H,6H2,1H3,(H2,17,18,19,20,21)/t7-/m1/s1. The minimum atomic E-state index is -4.49. The number of rotatable bonds is 5. The fourth-order valence-electron chi connectivity index (χ4n) is 1.44. The number of aromatic amines is 1. The summed E-state index contributed by atoms with van der Waals surface area (Å²) in [5, 5.41) is 8.56. The number of hydrogen-bond donors (Lipinski definition) is 2. The SMILES string of the molecule is C[C@@H](OCC(F)(F)F)C(=O)Nc1n[nH]c(-c2ccccn2)n1. The Kier molecular flexibility index (Phi) is 4.71. The number of H-pyrrole nitrogens is 1. The van der Waals surface area contributed by atoms with Crippen LogP contribution < -0.4 is 5.32 Å². The predicted molar refractivity (Wildman–Crippen MR) is 69.7 cm³/mol. The van der Waals surface area contributed by atoms with Crippen LogP contribution in [0.1, 0.15) is 6.92 Å². The van der Waals surface area contributed by atoms with E-state index in [1.165, 1.54) is 6.92 Å². The molecule has 0 bridgehead atoms. The number of ether oxygens (including phenoxy) is 1. The van der Waals surface area contributed by atoms with E-state index in [-0.39, 0.29) is 5.95 Å². The topological polar surface area (TPSA) is 92.8 Å². The van der Waals surface area contributed by atoms with Gasteiger partial charge in [0.15, 0.2) is 5.82 Å². The molecule has 2 aromatic heterocycles. The molecule has 0 aliphatic carbocycles. The van der Waals surface area contributed by atoms with E-state index in [2.05, 4.69) is 30.2 Å². The molecule has 2 N–H and O–H groups in total. The third kappa shape index (κ3) is 4.52. The largest absolute Gasteiger partial charge is 0.411 e. The highest BCUT2D eigenvalue weighted by atomic mass is 19.4. The summed E-state index contributed by atoms with van der Waals surface area (Å²) in [6, 6.07) is 5.15. The molecule has 1 atom stereocenters. The third-order valence-corrected chi connectivity index (χ3v) is 2.49. The number of amides is 1. The average Bonchev–Trinajstić information content (AvgIpc) is 2.93. The zero-order chi connectivity index (χ0) is 16.2. The van der Waals surface area contributed by atoms with Crippen molar-refractivity contribution in [1.29, 1.82) is 0 Å². The zero-order valence-corrected chi connectivity index (χ0v) is 11.4. The van der Waals surface area contributed by atoms with E-state index >= 15 is 0 Å². The van der Waals surface area contributed by atoms with Gasteiger partial charge < -0.3 is 4.74 Å². The number of anilines is 1. The van der Waals surface area contributed by atoms with Gasteiger partial charge in [-0.05, 0) is 19.1 Å². The van der Waals surface area contributed by atoms with Crippen molar-refractivity contribution in [2.45, 2.75) is 19.2 Å². The number of alkyl halides is 3. The van der Waals surface area contributed by atoms with E-state index in [0.717, 1.165) is 0 Å². The van der Waals surface area contributed by atoms with Crippen molar-refractivity contribution in [3.05, 3.63) is 24.4 Å². The Morgan fingerprint density at radius 3 is 2.86 bits per heavy atom. The van der Waals surface area contributed by atoms with Crippen molar-refractivity contribution >= 4 is 11.9 Å². The molecular formula is C12H12F3N5O2. The number of carbonyl (C=O) groups excluding carboxylic acids is 1. The maximum Gasteiger partial charge on any atom is 0.411 e. The molecule has 0 spiro atoms. The first-order chi connectivity index (χ1) is 10.3. The van der Waals surface area contributed by atoms with E-state index in [4.69, 9.17) is 0 Å². The van der Waals surface area contributed by atoms with Crippen LogP contribution in [0.2, 0.25) is 0 Å². The molecular weight excluding hydrogens is 303 g/mol. The predicted octanol–water partition coefficient (Wildman–Crippen LogP) is 1.77. The summed E-state index contributed by atoms with van der Waals surface area (Å²) < 4.78 is 40.4. The first-order valence-corrected chi connectivity index (χ1v) is 6.18. The number of pyridine rings is 1. The van der Waals surface area contributed by atoms with Gasteiger partial charge in [-0.15, -0.1) is 5.10 Å². The van der Waals surface area contributed by atoms with E-state index < -0.39 is 24.8 Å². The molecule has 0 unspecified atom stereocenters. The number of halogens is 3. The molecule has 0 radical (unpaired) electrons. The molecule has 2 aromatic rings. The van der Waals surface area contributed by atoms with Crippen LogP contribution in [-0.2, 0) is 9.53 Å². The summed E-state index contributed by atoms with van der Waals surface area (Å²) in [6.07, 6.45) is -4.23. The number of hydrogen-bond acceptors (Lipinski definition) is 5. The van der Waals surface area contributed by atoms with Crippen molar-refractivity contribution in [1.82, 2.24) is 20.2 Å². The molecule has 10 heteroatoms. The molecule has 0 aliphatic heterocycles. The third-order valence-electron chi connectivity index (χ3n) is 2.49. The molecule has 2 heterocycles. The lowest BCUT2D eigenvalue weighted by atomic mass is 10.3. The van der Waals surface area contributed by atoms with E-state index in [0.29, 0.717) is 11.5 Å². The second kappa shape index (κ2) is 6.52. The van der Waals surface area contributed by atoms with Crippen molar-refractivity contribution in [3.8, 4) is 11.5 Å². The summed E-state index contributed by atoms with van der Waals surface area (Å²) in [5.74, 6) is -0.538. The molecule has 1 amide bonds. The number of carbonyl (C=O) groups is 1. The molecule has 0 saturated carbocycles. The van der Waals surface area contributed by atoms with Crippen LogP contribution in [0.5, 0.6) is 0 Å². The van der Waals surface area contributed by atoms with Crippen LogP contribution in [0, 0.1) is 0 Å². The van der Waals surface area contributed by atoms with Crippen LogP contribution >= 0.6 is 0 Å². The molecule has 0 saturated heterocycles. The number of aromatic nitrogens is 4. The van der Waals surface area contributed by atoms with Crippen molar-refractivity contribution in [2.24, 2.45) is 0 Å². The first-order valence-electron chi connectivity index (χ1n) is 6.18. The fourth-order valence-corrected chi connectivity index (χ4v) is 1.44. The van der Waals surface area contributed by atoms with Gasteiger partial charge in [-0.25, -0.2) is 0 Å². The van der Waals surface area contributed by atoms with Crippen LogP contribution in [0.15, 0.2) is 24.4 Å². The van der Waals surface area contributed by atoms with E-state index in [9.17, 15) is 18.0 Å². The van der Waals surface area contributed by atoms with Gasteiger partial charge in [0.05, 0.1) is 0 Å². The summed E-state index contributed by atoms with van der Waals surface area (Å²) >= 11 is 0. The van der Waals surface area contributed by atoms with Gasteiger partial charge in [0.2, 0.25) is 5.95 Å². The molecule has 2 rings (SSSR count). The van der Waals surface area contributed by atoms with E-state index in [1.54, 1.807) is 24.4 Å². The second-order valence-electron chi connectivity index (χ2n) is 4.28. The zero-order valence-electron chi connectivity index (χ0n) is 11.4. The quantitative estimate of drug-likeness (QED) is 0.877. The highest BCUT2D eigenvalue weighted by molar-refractivity contribution is 5.92. The van der Waals surface area contributed by atoms with Crippen LogP contribution in [0.3, 0.4) is 0 Å². The molecule has 0 aliphatic rings. The smallest absolute Gasteiger partial charge is 0.359 e. The average molecular weight is 315 g/mol. The molecule has 7 nitrogen and oxygen atoms in total. The Bertz CT molecular complexity index is 629. The van der Waals surface area contributed by atoms with Gasteiger partial charge in [-0.2, -0.15) is 18.2 Å². The molecule has 118 valence electrons. The maximum absolute atomic E-state index is 12.0. The van der Waals surface area contributed by atoms with E-state index in [1.807, 2.05) is 0 Å². The highest BCUT2D eigenvalue weighted by Crippen LogP contribution is 2.16. The Morgan fingerprint density at radius 1 is 1.45 bits per heavy atom. The Balaban J connectivity index is 1.94. The Labute approximate surface area is 122 Å². The first kappa shape index (κ1) is 15.9. The summed E-state index contributed by atoms with van der Waals surface area (Å²) in [7, 11) is 0. The molecule has 0 fully saturated rings. The summed E-state index contributed by atoms with van der Waals surface area (Å²) in [6.45, 7) is -0.303. The number of nitrogens with one attached hydrogen (secondary N) is 2. The van der Waals surface area contributed by atoms with Gasteiger partial charge in [0, 0.05) is 6.20 Å². The lowest BCUT2D eigenvalue weighted by Gasteiger charge is -2.13. The lowest BCUT2D eigenvalue weighted by Crippen LogP contribution is -2.31. The minimum Gasteiger partial charge on any atom is -0.359 e. The van der Waals surface area contributed by atoms with Crippen molar-refractivity contribution in [3.63, 3.8) is 0 Å². The minimum absolute atomic E-state index is 0.0758. The van der Waals surface area contributed by atoms with Crippen LogP contribution in [0.4, 0.5) is 19.1 Å². The maximum atomic E-state index is 12.0. The van der Waals surface area contributed by atoms with Gasteiger partial charge in [0.1, 0.15) is 18.4 Å².